The first-order valence-electron chi connectivity index (χ1n) is 6.11. The maximum Gasteiger partial charge on any atom is 0.321 e. The van der Waals surface area contributed by atoms with Crippen molar-refractivity contribution in [3.63, 3.8) is 0 Å². The maximum absolute atomic E-state index is 10.7. The van der Waals surface area contributed by atoms with Crippen molar-refractivity contribution in [3.8, 4) is 0 Å². The van der Waals surface area contributed by atoms with Gasteiger partial charge in [-0.1, -0.05) is 0 Å². The molecule has 2 aliphatic rings. The number of hydrogen-bond donors (Lipinski definition) is 2. The highest BCUT2D eigenvalue weighted by Crippen LogP contribution is 2.20. The topological polar surface area (TPSA) is 69.8 Å². The SMILES string of the molecule is NC(CN1CCC(N2CCCC2)C1)C(=O)O. The molecular weight excluding hydrogens is 206 g/mol. The lowest BCUT2D eigenvalue weighted by Gasteiger charge is -2.24. The maximum atomic E-state index is 10.7. The van der Waals surface area contributed by atoms with E-state index < -0.39 is 12.0 Å². The highest BCUT2D eigenvalue weighted by molar-refractivity contribution is 5.73. The van der Waals surface area contributed by atoms with Gasteiger partial charge in [-0.15, -0.1) is 0 Å². The van der Waals surface area contributed by atoms with Gasteiger partial charge in [0.2, 0.25) is 0 Å². The van der Waals surface area contributed by atoms with Gasteiger partial charge in [0, 0.05) is 19.1 Å². The smallest absolute Gasteiger partial charge is 0.321 e. The molecule has 0 saturated carbocycles. The van der Waals surface area contributed by atoms with Gasteiger partial charge in [0.1, 0.15) is 6.04 Å². The van der Waals surface area contributed by atoms with Crippen LogP contribution in [0, 0.1) is 0 Å². The zero-order chi connectivity index (χ0) is 11.5. The van der Waals surface area contributed by atoms with Crippen LogP contribution in [0.3, 0.4) is 0 Å². The van der Waals surface area contributed by atoms with Crippen molar-refractivity contribution in [1.29, 1.82) is 0 Å². The number of nitrogens with zero attached hydrogens (tertiary/aromatic N) is 2. The summed E-state index contributed by atoms with van der Waals surface area (Å²) in [6.45, 7) is 4.88. The summed E-state index contributed by atoms with van der Waals surface area (Å²) in [5.74, 6) is -0.898. The summed E-state index contributed by atoms with van der Waals surface area (Å²) in [5.41, 5.74) is 5.54. The number of carboxylic acid groups (broad SMARTS) is 1. The number of aliphatic carboxylic acids is 1. The Kier molecular flexibility index (Phi) is 3.78. The minimum Gasteiger partial charge on any atom is -0.480 e. The summed E-state index contributed by atoms with van der Waals surface area (Å²) in [4.78, 5) is 15.4. The average Bonchev–Trinajstić information content (AvgIpc) is 2.85. The van der Waals surface area contributed by atoms with Gasteiger partial charge in [0.05, 0.1) is 0 Å². The Labute approximate surface area is 96.2 Å². The van der Waals surface area contributed by atoms with Gasteiger partial charge < -0.3 is 10.8 Å². The summed E-state index contributed by atoms with van der Waals surface area (Å²) in [6.07, 6.45) is 3.78. The zero-order valence-corrected chi connectivity index (χ0v) is 9.64. The molecule has 0 radical (unpaired) electrons. The number of carbonyl (C=O) groups is 1. The van der Waals surface area contributed by atoms with Gasteiger partial charge in [-0.3, -0.25) is 14.6 Å². The molecule has 2 rings (SSSR count). The molecule has 0 amide bonds. The van der Waals surface area contributed by atoms with Crippen LogP contribution in [0.4, 0.5) is 0 Å². The third kappa shape index (κ3) is 2.72. The lowest BCUT2D eigenvalue weighted by atomic mass is 10.2. The fraction of sp³-hybridized carbons (Fsp3) is 0.909. The molecule has 5 heteroatoms. The third-order valence-corrected chi connectivity index (χ3v) is 3.68. The molecule has 2 unspecified atom stereocenters. The number of nitrogens with two attached hydrogens (primary N) is 1. The fourth-order valence-electron chi connectivity index (χ4n) is 2.74. The molecule has 2 saturated heterocycles. The molecule has 0 aliphatic carbocycles. The molecule has 0 spiro atoms. The van der Waals surface area contributed by atoms with Crippen LogP contribution in [0.25, 0.3) is 0 Å². The summed E-state index contributed by atoms with van der Waals surface area (Å²) in [7, 11) is 0. The van der Waals surface area contributed by atoms with Crippen molar-refractivity contribution in [1.82, 2.24) is 9.80 Å². The first-order valence-corrected chi connectivity index (χ1v) is 6.11. The normalized spacial score (nSPS) is 29.7. The minimum atomic E-state index is -0.898. The highest BCUT2D eigenvalue weighted by atomic mass is 16.4. The van der Waals surface area contributed by atoms with E-state index in [1.165, 1.54) is 25.9 Å². The summed E-state index contributed by atoms with van der Waals surface area (Å²) in [5, 5.41) is 8.76. The zero-order valence-electron chi connectivity index (χ0n) is 9.64. The predicted molar refractivity (Wildman–Crippen MR) is 61.3 cm³/mol. The molecule has 2 fully saturated rings. The lowest BCUT2D eigenvalue weighted by Crippen LogP contribution is -2.43. The first kappa shape index (κ1) is 11.8. The van der Waals surface area contributed by atoms with Gasteiger partial charge in [0.15, 0.2) is 0 Å². The third-order valence-electron chi connectivity index (χ3n) is 3.68. The fourth-order valence-corrected chi connectivity index (χ4v) is 2.74. The van der Waals surface area contributed by atoms with E-state index in [0.29, 0.717) is 12.6 Å². The molecular formula is C11H21N3O2. The molecule has 16 heavy (non-hydrogen) atoms. The molecule has 2 aliphatic heterocycles. The van der Waals surface area contributed by atoms with Crippen LogP contribution >= 0.6 is 0 Å². The van der Waals surface area contributed by atoms with Crippen LogP contribution in [0.15, 0.2) is 0 Å². The molecule has 0 aromatic carbocycles. The molecule has 92 valence electrons. The Morgan fingerprint density at radius 2 is 2.06 bits per heavy atom. The molecule has 0 aromatic heterocycles. The van der Waals surface area contributed by atoms with Crippen LogP contribution in [0.1, 0.15) is 19.3 Å². The number of carboxylic acids is 1. The van der Waals surface area contributed by atoms with Crippen molar-refractivity contribution < 1.29 is 9.90 Å². The summed E-state index contributed by atoms with van der Waals surface area (Å²) >= 11 is 0. The van der Waals surface area contributed by atoms with Gasteiger partial charge in [-0.05, 0) is 38.9 Å². The van der Waals surface area contributed by atoms with Gasteiger partial charge in [-0.2, -0.15) is 0 Å². The number of likely N-dealkylation sites (tertiary alicyclic amines) is 2. The van der Waals surface area contributed by atoms with Crippen molar-refractivity contribution in [2.75, 3.05) is 32.7 Å². The van der Waals surface area contributed by atoms with E-state index in [0.717, 1.165) is 19.5 Å². The monoisotopic (exact) mass is 227 g/mol. The Bertz CT molecular complexity index is 254. The van der Waals surface area contributed by atoms with Crippen LogP contribution < -0.4 is 5.73 Å². The highest BCUT2D eigenvalue weighted by Gasteiger charge is 2.30. The van der Waals surface area contributed by atoms with E-state index in [9.17, 15) is 4.79 Å². The largest absolute Gasteiger partial charge is 0.480 e. The van der Waals surface area contributed by atoms with Crippen LogP contribution in [0.2, 0.25) is 0 Å². The van der Waals surface area contributed by atoms with Crippen molar-refractivity contribution >= 4 is 5.97 Å². The molecule has 0 bridgehead atoms. The standard InChI is InChI=1S/C11H21N3O2/c12-10(11(15)16)8-13-6-3-9(7-13)14-4-1-2-5-14/h9-10H,1-8,12H2,(H,15,16). The number of rotatable bonds is 4. The minimum absolute atomic E-state index is 0.486. The second kappa shape index (κ2) is 5.12. The quantitative estimate of drug-likeness (QED) is 0.682. The van der Waals surface area contributed by atoms with Crippen molar-refractivity contribution in [3.05, 3.63) is 0 Å². The van der Waals surface area contributed by atoms with Crippen LogP contribution in [-0.4, -0.2) is 65.7 Å². The van der Waals surface area contributed by atoms with E-state index >= 15 is 0 Å². The first-order chi connectivity index (χ1) is 7.66. The van der Waals surface area contributed by atoms with Crippen molar-refractivity contribution in [2.24, 2.45) is 5.73 Å². The second-order valence-electron chi connectivity index (χ2n) is 4.89. The molecule has 0 aromatic rings. The van der Waals surface area contributed by atoms with E-state index in [4.69, 9.17) is 10.8 Å². The summed E-state index contributed by atoms with van der Waals surface area (Å²) in [6, 6.07) is -0.110. The Morgan fingerprint density at radius 1 is 1.38 bits per heavy atom. The predicted octanol–water partition coefficient (Wildman–Crippen LogP) is -0.432. The van der Waals surface area contributed by atoms with Crippen LogP contribution in [-0.2, 0) is 4.79 Å². The molecule has 2 atom stereocenters. The Morgan fingerprint density at radius 3 is 2.69 bits per heavy atom. The van der Waals surface area contributed by atoms with E-state index in [-0.39, 0.29) is 0 Å². The van der Waals surface area contributed by atoms with Gasteiger partial charge >= 0.3 is 5.97 Å². The molecule has 5 nitrogen and oxygen atoms in total. The average molecular weight is 227 g/mol. The lowest BCUT2D eigenvalue weighted by molar-refractivity contribution is -0.138. The Hall–Kier alpha value is -0.650. The van der Waals surface area contributed by atoms with E-state index in [1.807, 2.05) is 0 Å². The second-order valence-corrected chi connectivity index (χ2v) is 4.89. The van der Waals surface area contributed by atoms with E-state index in [2.05, 4.69) is 9.80 Å². The molecule has 3 N–H and O–H groups in total. The summed E-state index contributed by atoms with van der Waals surface area (Å²) < 4.78 is 0. The number of hydrogen-bond acceptors (Lipinski definition) is 4. The Balaban J connectivity index is 1.76. The van der Waals surface area contributed by atoms with E-state index in [1.54, 1.807) is 0 Å². The van der Waals surface area contributed by atoms with Crippen LogP contribution in [0.5, 0.6) is 0 Å². The van der Waals surface area contributed by atoms with Gasteiger partial charge in [-0.25, -0.2) is 0 Å². The molecule has 2 heterocycles. The van der Waals surface area contributed by atoms with Gasteiger partial charge in [0.25, 0.3) is 0 Å². The van der Waals surface area contributed by atoms with Crippen molar-refractivity contribution in [2.45, 2.75) is 31.3 Å².